The minimum atomic E-state index is 0.452. The fourth-order valence-corrected chi connectivity index (χ4v) is 3.11. The number of benzene rings is 2. The molecule has 2 heterocycles. The lowest BCUT2D eigenvalue weighted by Gasteiger charge is -2.07. The van der Waals surface area contributed by atoms with Crippen LogP contribution in [-0.2, 0) is 24.3 Å². The lowest BCUT2D eigenvalue weighted by molar-refractivity contribution is 0.174. The molecule has 0 N–H and O–H groups in total. The number of hydrogen-bond acceptors (Lipinski definition) is 6. The zero-order chi connectivity index (χ0) is 18.6. The second-order valence-electron chi connectivity index (χ2n) is 6.07. The SMILES string of the molecule is COCc1nc2ccccc2n1CCc1noc(-c2ccccc2OC)n1. The maximum absolute atomic E-state index is 5.44. The number of methoxy groups -OCH3 is 2. The second kappa shape index (κ2) is 7.59. The second-order valence-corrected chi connectivity index (χ2v) is 6.07. The van der Waals surface area contributed by atoms with Crippen LogP contribution in [0.3, 0.4) is 0 Å². The number of rotatable bonds is 7. The zero-order valence-corrected chi connectivity index (χ0v) is 15.3. The monoisotopic (exact) mass is 364 g/mol. The first-order valence-corrected chi connectivity index (χ1v) is 8.69. The average Bonchev–Trinajstić information content (AvgIpc) is 3.31. The van der Waals surface area contributed by atoms with Crippen molar-refractivity contribution in [1.82, 2.24) is 19.7 Å². The number of nitrogens with zero attached hydrogens (tertiary/aromatic N) is 4. The third kappa shape index (κ3) is 3.41. The first-order valence-electron chi connectivity index (χ1n) is 8.69. The van der Waals surface area contributed by atoms with Gasteiger partial charge in [0.25, 0.3) is 5.89 Å². The summed E-state index contributed by atoms with van der Waals surface area (Å²) in [5, 5.41) is 4.12. The number of ether oxygens (including phenoxy) is 2. The minimum absolute atomic E-state index is 0.452. The van der Waals surface area contributed by atoms with Crippen LogP contribution >= 0.6 is 0 Å². The quantitative estimate of drug-likeness (QED) is 0.500. The first kappa shape index (κ1) is 17.2. The largest absolute Gasteiger partial charge is 0.496 e. The van der Waals surface area contributed by atoms with Gasteiger partial charge in [-0.2, -0.15) is 4.98 Å². The van der Waals surface area contributed by atoms with Crippen LogP contribution in [-0.4, -0.2) is 33.9 Å². The van der Waals surface area contributed by atoms with Crippen LogP contribution < -0.4 is 4.74 Å². The van der Waals surface area contributed by atoms with Gasteiger partial charge in [0.1, 0.15) is 18.2 Å². The highest BCUT2D eigenvalue weighted by Gasteiger charge is 2.15. The van der Waals surface area contributed by atoms with Gasteiger partial charge in [0.05, 0.1) is 23.7 Å². The molecule has 138 valence electrons. The van der Waals surface area contributed by atoms with Gasteiger partial charge in [-0.05, 0) is 24.3 Å². The van der Waals surface area contributed by atoms with Crippen LogP contribution in [0.4, 0.5) is 0 Å². The van der Waals surface area contributed by atoms with E-state index in [1.54, 1.807) is 14.2 Å². The highest BCUT2D eigenvalue weighted by molar-refractivity contribution is 5.75. The Balaban J connectivity index is 1.57. The molecule has 0 bridgehead atoms. The van der Waals surface area contributed by atoms with Gasteiger partial charge in [0.2, 0.25) is 0 Å². The molecule has 0 spiro atoms. The summed E-state index contributed by atoms with van der Waals surface area (Å²) in [6.45, 7) is 1.14. The number of hydrogen-bond donors (Lipinski definition) is 0. The first-order chi connectivity index (χ1) is 13.3. The van der Waals surface area contributed by atoms with E-state index in [0.29, 0.717) is 37.0 Å². The van der Waals surface area contributed by atoms with Gasteiger partial charge < -0.3 is 18.6 Å². The van der Waals surface area contributed by atoms with Crippen LogP contribution in [0, 0.1) is 0 Å². The summed E-state index contributed by atoms with van der Waals surface area (Å²) in [6.07, 6.45) is 0.621. The smallest absolute Gasteiger partial charge is 0.261 e. The highest BCUT2D eigenvalue weighted by Crippen LogP contribution is 2.28. The van der Waals surface area contributed by atoms with Crippen LogP contribution in [0.5, 0.6) is 5.75 Å². The van der Waals surface area contributed by atoms with Crippen molar-refractivity contribution < 1.29 is 14.0 Å². The van der Waals surface area contributed by atoms with Gasteiger partial charge in [0.15, 0.2) is 5.82 Å². The molecule has 4 aromatic rings. The van der Waals surface area contributed by atoms with Gasteiger partial charge >= 0.3 is 0 Å². The molecule has 2 aromatic carbocycles. The van der Waals surface area contributed by atoms with Gasteiger partial charge in [-0.3, -0.25) is 0 Å². The standard InChI is InChI=1S/C20H20N4O3/c1-25-13-19-21-15-8-4-5-9-16(15)24(19)12-11-18-22-20(27-23-18)14-7-3-6-10-17(14)26-2/h3-10H,11-13H2,1-2H3. The fraction of sp³-hybridized carbons (Fsp3) is 0.250. The average molecular weight is 364 g/mol. The van der Waals surface area contributed by atoms with Crippen molar-refractivity contribution in [2.75, 3.05) is 14.2 Å². The topological polar surface area (TPSA) is 75.2 Å². The Hall–Kier alpha value is -3.19. The maximum Gasteiger partial charge on any atom is 0.261 e. The summed E-state index contributed by atoms with van der Waals surface area (Å²) in [5.74, 6) is 2.68. The Kier molecular flexibility index (Phi) is 4.84. The van der Waals surface area contributed by atoms with E-state index in [2.05, 4.69) is 25.8 Å². The molecule has 27 heavy (non-hydrogen) atoms. The van der Waals surface area contributed by atoms with Crippen LogP contribution in [0.15, 0.2) is 53.1 Å². The number of para-hydroxylation sites is 3. The molecule has 0 radical (unpaired) electrons. The molecule has 4 rings (SSSR count). The molecule has 0 unspecified atom stereocenters. The maximum atomic E-state index is 5.44. The van der Waals surface area contributed by atoms with E-state index in [1.165, 1.54) is 0 Å². The zero-order valence-electron chi connectivity index (χ0n) is 15.3. The Labute approximate surface area is 156 Å². The van der Waals surface area contributed by atoms with E-state index in [9.17, 15) is 0 Å². The fourth-order valence-electron chi connectivity index (χ4n) is 3.11. The Bertz CT molecular complexity index is 1050. The molecular formula is C20H20N4O3. The van der Waals surface area contributed by atoms with Crippen LogP contribution in [0.1, 0.15) is 11.6 Å². The van der Waals surface area contributed by atoms with E-state index < -0.39 is 0 Å². The number of aromatic nitrogens is 4. The van der Waals surface area contributed by atoms with E-state index in [0.717, 1.165) is 22.4 Å². The Morgan fingerprint density at radius 3 is 2.67 bits per heavy atom. The Morgan fingerprint density at radius 1 is 1.00 bits per heavy atom. The summed E-state index contributed by atoms with van der Waals surface area (Å²) in [4.78, 5) is 9.17. The molecule has 7 heteroatoms. The van der Waals surface area contributed by atoms with Gasteiger partial charge in [-0.1, -0.05) is 29.4 Å². The lowest BCUT2D eigenvalue weighted by atomic mass is 10.2. The molecule has 0 aliphatic carbocycles. The van der Waals surface area contributed by atoms with E-state index >= 15 is 0 Å². The number of imidazole rings is 1. The van der Waals surface area contributed by atoms with Crippen molar-refractivity contribution in [3.63, 3.8) is 0 Å². The molecule has 0 amide bonds. The molecule has 0 saturated heterocycles. The third-order valence-corrected chi connectivity index (χ3v) is 4.37. The summed E-state index contributed by atoms with van der Waals surface area (Å²) in [5.41, 5.74) is 2.80. The van der Waals surface area contributed by atoms with E-state index in [1.807, 2.05) is 42.5 Å². The summed E-state index contributed by atoms with van der Waals surface area (Å²) < 4.78 is 18.2. The van der Waals surface area contributed by atoms with Gasteiger partial charge in [0, 0.05) is 20.1 Å². The number of aryl methyl sites for hydroxylation is 2. The summed E-state index contributed by atoms with van der Waals surface area (Å²) in [7, 11) is 3.29. The predicted octanol–water partition coefficient (Wildman–Crippen LogP) is 3.48. The van der Waals surface area contributed by atoms with Gasteiger partial charge in [-0.25, -0.2) is 4.98 Å². The van der Waals surface area contributed by atoms with Crippen molar-refractivity contribution in [3.8, 4) is 17.2 Å². The van der Waals surface area contributed by atoms with Crippen molar-refractivity contribution in [3.05, 3.63) is 60.2 Å². The molecule has 0 aliphatic heterocycles. The summed E-state index contributed by atoms with van der Waals surface area (Å²) >= 11 is 0. The molecule has 0 atom stereocenters. The molecule has 7 nitrogen and oxygen atoms in total. The van der Waals surface area contributed by atoms with Crippen molar-refractivity contribution in [2.24, 2.45) is 0 Å². The summed E-state index contributed by atoms with van der Waals surface area (Å²) in [6, 6.07) is 15.6. The third-order valence-electron chi connectivity index (χ3n) is 4.37. The molecule has 0 fully saturated rings. The van der Waals surface area contributed by atoms with Gasteiger partial charge in [-0.15, -0.1) is 0 Å². The lowest BCUT2D eigenvalue weighted by Crippen LogP contribution is -2.08. The Morgan fingerprint density at radius 2 is 1.81 bits per heavy atom. The molecule has 2 aromatic heterocycles. The highest BCUT2D eigenvalue weighted by atomic mass is 16.5. The number of fused-ring (bicyclic) bond motifs is 1. The van der Waals surface area contributed by atoms with Crippen molar-refractivity contribution >= 4 is 11.0 Å². The molecule has 0 aliphatic rings. The minimum Gasteiger partial charge on any atom is -0.496 e. The molecular weight excluding hydrogens is 344 g/mol. The van der Waals surface area contributed by atoms with Crippen LogP contribution in [0.25, 0.3) is 22.5 Å². The van der Waals surface area contributed by atoms with Crippen molar-refractivity contribution in [1.29, 1.82) is 0 Å². The predicted molar refractivity (Wildman–Crippen MR) is 100 cm³/mol. The van der Waals surface area contributed by atoms with Crippen LogP contribution in [0.2, 0.25) is 0 Å². The van der Waals surface area contributed by atoms with E-state index in [4.69, 9.17) is 14.0 Å². The van der Waals surface area contributed by atoms with Crippen molar-refractivity contribution in [2.45, 2.75) is 19.6 Å². The molecule has 0 saturated carbocycles. The van der Waals surface area contributed by atoms with E-state index in [-0.39, 0.29) is 0 Å². The normalized spacial score (nSPS) is 11.2.